The van der Waals surface area contributed by atoms with Crippen LogP contribution in [0.5, 0.6) is 5.75 Å². The van der Waals surface area contributed by atoms with Gasteiger partial charge in [0, 0.05) is 10.7 Å². The summed E-state index contributed by atoms with van der Waals surface area (Å²) in [6, 6.07) is 8.04. The van der Waals surface area contributed by atoms with Crippen molar-refractivity contribution in [2.45, 2.75) is 0 Å². The number of para-hydroxylation sites is 1. The van der Waals surface area contributed by atoms with Gasteiger partial charge in [-0.1, -0.05) is 6.07 Å². The number of nitrogens with zero attached hydrogens (tertiary/aromatic N) is 1. The molecule has 1 aromatic carbocycles. The standard InChI is InChI=1S/C12H10BrN3O2/c13-8-4-1-3-7(10(8)14)12(18)16-11-9(17)5-2-6-15-11/h1-6,17H,14H2,(H,15,16,18). The molecule has 4 N–H and O–H groups in total. The van der Waals surface area contributed by atoms with E-state index in [4.69, 9.17) is 5.73 Å². The van der Waals surface area contributed by atoms with Crippen LogP contribution >= 0.6 is 15.9 Å². The summed E-state index contributed by atoms with van der Waals surface area (Å²) in [7, 11) is 0. The van der Waals surface area contributed by atoms with Crippen molar-refractivity contribution >= 4 is 33.3 Å². The smallest absolute Gasteiger partial charge is 0.259 e. The number of nitrogen functional groups attached to an aromatic ring is 1. The van der Waals surface area contributed by atoms with Crippen LogP contribution in [0.1, 0.15) is 10.4 Å². The SMILES string of the molecule is Nc1c(Br)cccc1C(=O)Nc1ncccc1O. The van der Waals surface area contributed by atoms with Crippen LogP contribution in [0.25, 0.3) is 0 Å². The molecule has 0 atom stereocenters. The van der Waals surface area contributed by atoms with E-state index in [2.05, 4.69) is 26.2 Å². The summed E-state index contributed by atoms with van der Waals surface area (Å²) < 4.78 is 0.639. The summed E-state index contributed by atoms with van der Waals surface area (Å²) in [6.45, 7) is 0. The number of nitrogens with two attached hydrogens (primary N) is 1. The zero-order valence-electron chi connectivity index (χ0n) is 9.22. The molecule has 0 aliphatic carbocycles. The Morgan fingerprint density at radius 2 is 2.11 bits per heavy atom. The second-order valence-electron chi connectivity index (χ2n) is 3.53. The van der Waals surface area contributed by atoms with Crippen molar-refractivity contribution in [3.05, 3.63) is 46.6 Å². The average Bonchev–Trinajstić information content (AvgIpc) is 2.35. The van der Waals surface area contributed by atoms with Crippen molar-refractivity contribution in [1.29, 1.82) is 0 Å². The quantitative estimate of drug-likeness (QED) is 0.743. The third kappa shape index (κ3) is 2.43. The van der Waals surface area contributed by atoms with Crippen LogP contribution in [0.4, 0.5) is 11.5 Å². The Kier molecular flexibility index (Phi) is 3.47. The van der Waals surface area contributed by atoms with E-state index in [1.165, 1.54) is 12.3 Å². The van der Waals surface area contributed by atoms with E-state index >= 15 is 0 Å². The van der Waals surface area contributed by atoms with Crippen LogP contribution in [0.3, 0.4) is 0 Å². The first kappa shape index (κ1) is 12.4. The summed E-state index contributed by atoms with van der Waals surface area (Å²) >= 11 is 3.24. The highest BCUT2D eigenvalue weighted by molar-refractivity contribution is 9.10. The summed E-state index contributed by atoms with van der Waals surface area (Å²) in [5.41, 5.74) is 6.44. The van der Waals surface area contributed by atoms with E-state index in [0.717, 1.165) is 0 Å². The Bertz CT molecular complexity index is 602. The first-order valence-corrected chi connectivity index (χ1v) is 5.88. The predicted octanol–water partition coefficient (Wildman–Crippen LogP) is 2.38. The summed E-state index contributed by atoms with van der Waals surface area (Å²) in [5.74, 6) is -0.427. The van der Waals surface area contributed by atoms with E-state index < -0.39 is 5.91 Å². The van der Waals surface area contributed by atoms with Gasteiger partial charge in [-0.2, -0.15) is 0 Å². The largest absolute Gasteiger partial charge is 0.504 e. The van der Waals surface area contributed by atoms with Gasteiger partial charge in [-0.3, -0.25) is 4.79 Å². The van der Waals surface area contributed by atoms with Gasteiger partial charge in [0.15, 0.2) is 11.6 Å². The number of amides is 1. The van der Waals surface area contributed by atoms with Gasteiger partial charge in [0.2, 0.25) is 0 Å². The molecule has 1 heterocycles. The topological polar surface area (TPSA) is 88.2 Å². The summed E-state index contributed by atoms with van der Waals surface area (Å²) in [5, 5.41) is 12.0. The number of pyridine rings is 1. The van der Waals surface area contributed by atoms with Crippen LogP contribution in [-0.2, 0) is 0 Å². The highest BCUT2D eigenvalue weighted by Gasteiger charge is 2.13. The zero-order chi connectivity index (χ0) is 13.1. The number of rotatable bonds is 2. The highest BCUT2D eigenvalue weighted by atomic mass is 79.9. The molecule has 6 heteroatoms. The van der Waals surface area contributed by atoms with Gasteiger partial charge >= 0.3 is 0 Å². The Hall–Kier alpha value is -2.08. The molecule has 2 aromatic rings. The maximum atomic E-state index is 12.0. The molecule has 0 unspecified atom stereocenters. The van der Waals surface area contributed by atoms with Gasteiger partial charge in [0.1, 0.15) is 0 Å². The molecule has 0 saturated heterocycles. The predicted molar refractivity (Wildman–Crippen MR) is 72.4 cm³/mol. The third-order valence-electron chi connectivity index (χ3n) is 2.32. The number of hydrogen-bond donors (Lipinski definition) is 3. The first-order valence-electron chi connectivity index (χ1n) is 5.09. The van der Waals surface area contributed by atoms with Crippen LogP contribution in [0.15, 0.2) is 41.0 Å². The lowest BCUT2D eigenvalue weighted by atomic mass is 10.1. The maximum Gasteiger partial charge on any atom is 0.259 e. The summed E-state index contributed by atoms with van der Waals surface area (Å²) in [4.78, 5) is 15.8. The number of carbonyl (C=O) groups excluding carboxylic acids is 1. The average molecular weight is 308 g/mol. The Balaban J connectivity index is 2.28. The number of benzene rings is 1. The molecule has 1 aromatic heterocycles. The van der Waals surface area contributed by atoms with Gasteiger partial charge in [-0.25, -0.2) is 4.98 Å². The molecule has 0 saturated carbocycles. The zero-order valence-corrected chi connectivity index (χ0v) is 10.8. The monoisotopic (exact) mass is 307 g/mol. The van der Waals surface area contributed by atoms with E-state index in [1.807, 2.05) is 0 Å². The number of carbonyl (C=O) groups is 1. The molecule has 2 rings (SSSR count). The second kappa shape index (κ2) is 5.05. The fourth-order valence-electron chi connectivity index (χ4n) is 1.40. The van der Waals surface area contributed by atoms with Crippen LogP contribution in [0.2, 0.25) is 0 Å². The van der Waals surface area contributed by atoms with Crippen LogP contribution in [0, 0.1) is 0 Å². The molecular weight excluding hydrogens is 298 g/mol. The number of hydrogen-bond acceptors (Lipinski definition) is 4. The van der Waals surface area contributed by atoms with Gasteiger partial charge in [0.05, 0.1) is 11.3 Å². The van der Waals surface area contributed by atoms with E-state index in [-0.39, 0.29) is 11.6 Å². The Morgan fingerprint density at radius 1 is 1.33 bits per heavy atom. The van der Waals surface area contributed by atoms with E-state index in [0.29, 0.717) is 15.7 Å². The van der Waals surface area contributed by atoms with Crippen molar-refractivity contribution in [2.75, 3.05) is 11.1 Å². The minimum absolute atomic E-state index is 0.0978. The molecule has 0 spiro atoms. The fraction of sp³-hybridized carbons (Fsp3) is 0. The first-order chi connectivity index (χ1) is 8.59. The molecular formula is C12H10BrN3O2. The molecule has 0 fully saturated rings. The number of nitrogens with one attached hydrogen (secondary N) is 1. The molecule has 0 bridgehead atoms. The second-order valence-corrected chi connectivity index (χ2v) is 4.38. The van der Waals surface area contributed by atoms with Gasteiger partial charge < -0.3 is 16.2 Å². The van der Waals surface area contributed by atoms with Gasteiger partial charge in [0.25, 0.3) is 5.91 Å². The lowest BCUT2D eigenvalue weighted by Crippen LogP contribution is -2.15. The van der Waals surface area contributed by atoms with Crippen molar-refractivity contribution in [1.82, 2.24) is 4.98 Å². The Labute approximate surface area is 112 Å². The lowest BCUT2D eigenvalue weighted by molar-refractivity contribution is 0.102. The molecule has 1 amide bonds. The minimum atomic E-state index is -0.428. The number of halogens is 1. The van der Waals surface area contributed by atoms with E-state index in [9.17, 15) is 9.90 Å². The molecule has 5 nitrogen and oxygen atoms in total. The highest BCUT2D eigenvalue weighted by Crippen LogP contribution is 2.25. The molecule has 18 heavy (non-hydrogen) atoms. The van der Waals surface area contributed by atoms with Crippen LogP contribution < -0.4 is 11.1 Å². The van der Waals surface area contributed by atoms with E-state index in [1.54, 1.807) is 24.3 Å². The third-order valence-corrected chi connectivity index (χ3v) is 3.01. The van der Waals surface area contributed by atoms with Gasteiger partial charge in [-0.15, -0.1) is 0 Å². The van der Waals surface area contributed by atoms with Gasteiger partial charge in [-0.05, 0) is 40.2 Å². The van der Waals surface area contributed by atoms with Crippen molar-refractivity contribution in [3.8, 4) is 5.75 Å². The maximum absolute atomic E-state index is 12.0. The molecule has 0 aliphatic rings. The van der Waals surface area contributed by atoms with Crippen molar-refractivity contribution < 1.29 is 9.90 Å². The fourth-order valence-corrected chi connectivity index (χ4v) is 1.77. The number of aromatic hydroxyl groups is 1. The molecule has 92 valence electrons. The molecule has 0 aliphatic heterocycles. The van der Waals surface area contributed by atoms with Crippen LogP contribution in [-0.4, -0.2) is 16.0 Å². The Morgan fingerprint density at radius 3 is 2.83 bits per heavy atom. The molecule has 0 radical (unpaired) electrons. The van der Waals surface area contributed by atoms with Crippen molar-refractivity contribution in [2.24, 2.45) is 0 Å². The van der Waals surface area contributed by atoms with Crippen molar-refractivity contribution in [3.63, 3.8) is 0 Å². The summed E-state index contributed by atoms with van der Waals surface area (Å²) in [6.07, 6.45) is 1.47. The normalized spacial score (nSPS) is 10.1. The lowest BCUT2D eigenvalue weighted by Gasteiger charge is -2.08. The number of anilines is 2. The minimum Gasteiger partial charge on any atom is -0.504 e. The number of aromatic nitrogens is 1.